The van der Waals surface area contributed by atoms with E-state index >= 15 is 0 Å². The van der Waals surface area contributed by atoms with Gasteiger partial charge in [0.2, 0.25) is 5.95 Å². The Balaban J connectivity index is 1.57. The molecule has 8 heteroatoms. The van der Waals surface area contributed by atoms with Crippen molar-refractivity contribution in [2.45, 2.75) is 6.92 Å². The van der Waals surface area contributed by atoms with Crippen LogP contribution in [0.5, 0.6) is 0 Å². The predicted octanol–water partition coefficient (Wildman–Crippen LogP) is 2.43. The van der Waals surface area contributed by atoms with Crippen LogP contribution in [0.3, 0.4) is 0 Å². The second kappa shape index (κ2) is 8.93. The van der Waals surface area contributed by atoms with Gasteiger partial charge in [0.05, 0.1) is 13.2 Å². The van der Waals surface area contributed by atoms with Gasteiger partial charge < -0.3 is 15.4 Å². The highest BCUT2D eigenvalue weighted by molar-refractivity contribution is 6.31. The molecule has 0 aliphatic carbocycles. The molecular weight excluding hydrogens is 354 g/mol. The maximum atomic E-state index is 12.5. The molecule has 2 aromatic rings. The molecule has 7 nitrogen and oxygen atoms in total. The number of aryl methyl sites for hydroxylation is 1. The number of morpholine rings is 1. The van der Waals surface area contributed by atoms with Gasteiger partial charge in [0.25, 0.3) is 5.91 Å². The highest BCUT2D eigenvalue weighted by Gasteiger charge is 2.12. The molecule has 2 N–H and O–H groups in total. The van der Waals surface area contributed by atoms with Crippen LogP contribution in [0, 0.1) is 6.92 Å². The molecule has 1 aliphatic rings. The molecular formula is C18H22ClN5O2. The molecule has 0 radical (unpaired) electrons. The average molecular weight is 376 g/mol. The lowest BCUT2D eigenvalue weighted by molar-refractivity contribution is 0.0398. The largest absolute Gasteiger partial charge is 0.379 e. The van der Waals surface area contributed by atoms with Crippen molar-refractivity contribution in [2.75, 3.05) is 50.0 Å². The minimum Gasteiger partial charge on any atom is -0.379 e. The van der Waals surface area contributed by atoms with Gasteiger partial charge in [-0.25, -0.2) is 9.97 Å². The van der Waals surface area contributed by atoms with Crippen LogP contribution in [0.15, 0.2) is 30.5 Å². The minimum atomic E-state index is -0.297. The number of amides is 1. The maximum absolute atomic E-state index is 12.5. The van der Waals surface area contributed by atoms with E-state index in [0.29, 0.717) is 28.9 Å². The monoisotopic (exact) mass is 375 g/mol. The third-order valence-corrected chi connectivity index (χ3v) is 4.39. The van der Waals surface area contributed by atoms with Crippen LogP contribution >= 0.6 is 11.6 Å². The third-order valence-electron chi connectivity index (χ3n) is 4.15. The first-order valence-corrected chi connectivity index (χ1v) is 8.94. The highest BCUT2D eigenvalue weighted by atomic mass is 35.5. The number of ether oxygens (including phenoxy) is 1. The summed E-state index contributed by atoms with van der Waals surface area (Å²) < 4.78 is 5.33. The smallest absolute Gasteiger partial charge is 0.274 e. The normalized spacial score (nSPS) is 14.8. The summed E-state index contributed by atoms with van der Waals surface area (Å²) in [5.74, 6) is 0.141. The Labute approximate surface area is 157 Å². The number of carbonyl (C=O) groups excluding carboxylic acids is 1. The molecule has 26 heavy (non-hydrogen) atoms. The molecule has 2 heterocycles. The zero-order chi connectivity index (χ0) is 18.4. The van der Waals surface area contributed by atoms with Crippen LogP contribution in [-0.4, -0.2) is 60.2 Å². The molecule has 1 aromatic carbocycles. The van der Waals surface area contributed by atoms with Gasteiger partial charge in [0, 0.05) is 43.1 Å². The number of rotatable bonds is 6. The third kappa shape index (κ3) is 5.14. The van der Waals surface area contributed by atoms with Crippen molar-refractivity contribution < 1.29 is 9.53 Å². The van der Waals surface area contributed by atoms with Gasteiger partial charge in [-0.15, -0.1) is 0 Å². The quantitative estimate of drug-likeness (QED) is 0.807. The van der Waals surface area contributed by atoms with Crippen molar-refractivity contribution >= 4 is 29.1 Å². The molecule has 1 fully saturated rings. The SMILES string of the molecule is Cc1ccc(Cl)cc1NC(=O)c1ccnc(NCCN2CCOCC2)n1. The lowest BCUT2D eigenvalue weighted by atomic mass is 10.2. The fraction of sp³-hybridized carbons (Fsp3) is 0.389. The van der Waals surface area contributed by atoms with E-state index in [-0.39, 0.29) is 5.91 Å². The Morgan fingerprint density at radius 1 is 1.31 bits per heavy atom. The van der Waals surface area contributed by atoms with Crippen molar-refractivity contribution in [3.63, 3.8) is 0 Å². The Morgan fingerprint density at radius 3 is 2.92 bits per heavy atom. The number of halogens is 1. The first-order chi connectivity index (χ1) is 12.6. The predicted molar refractivity (Wildman–Crippen MR) is 102 cm³/mol. The van der Waals surface area contributed by atoms with E-state index in [2.05, 4.69) is 25.5 Å². The van der Waals surface area contributed by atoms with E-state index in [1.807, 2.05) is 13.0 Å². The minimum absolute atomic E-state index is 0.297. The van der Waals surface area contributed by atoms with Crippen LogP contribution in [0.1, 0.15) is 16.1 Å². The molecule has 1 saturated heterocycles. The Kier molecular flexibility index (Phi) is 6.38. The van der Waals surface area contributed by atoms with E-state index in [0.717, 1.165) is 38.4 Å². The fourth-order valence-electron chi connectivity index (χ4n) is 2.64. The maximum Gasteiger partial charge on any atom is 0.274 e. The van der Waals surface area contributed by atoms with Crippen molar-refractivity contribution in [2.24, 2.45) is 0 Å². The summed E-state index contributed by atoms with van der Waals surface area (Å²) in [5, 5.41) is 6.57. The van der Waals surface area contributed by atoms with Gasteiger partial charge in [-0.3, -0.25) is 9.69 Å². The molecule has 1 aliphatic heterocycles. The number of aromatic nitrogens is 2. The number of nitrogens with one attached hydrogen (secondary N) is 2. The molecule has 0 atom stereocenters. The first-order valence-electron chi connectivity index (χ1n) is 8.56. The summed E-state index contributed by atoms with van der Waals surface area (Å²) in [4.78, 5) is 23.2. The summed E-state index contributed by atoms with van der Waals surface area (Å²) in [6, 6.07) is 6.95. The lowest BCUT2D eigenvalue weighted by Crippen LogP contribution is -2.39. The lowest BCUT2D eigenvalue weighted by Gasteiger charge is -2.26. The van der Waals surface area contributed by atoms with Gasteiger partial charge in [0.15, 0.2) is 0 Å². The van der Waals surface area contributed by atoms with E-state index in [1.54, 1.807) is 24.4 Å². The second-order valence-corrected chi connectivity index (χ2v) is 6.50. The van der Waals surface area contributed by atoms with Gasteiger partial charge in [0.1, 0.15) is 5.69 Å². The number of hydrogen-bond acceptors (Lipinski definition) is 6. The van der Waals surface area contributed by atoms with E-state index in [1.165, 1.54) is 0 Å². The number of anilines is 2. The van der Waals surface area contributed by atoms with Crippen LogP contribution in [0.4, 0.5) is 11.6 Å². The van der Waals surface area contributed by atoms with Crippen LogP contribution < -0.4 is 10.6 Å². The van der Waals surface area contributed by atoms with Crippen molar-refractivity contribution in [3.05, 3.63) is 46.7 Å². The van der Waals surface area contributed by atoms with Gasteiger partial charge in [-0.2, -0.15) is 0 Å². The molecule has 138 valence electrons. The number of carbonyl (C=O) groups is 1. The molecule has 1 amide bonds. The number of hydrogen-bond donors (Lipinski definition) is 2. The summed E-state index contributed by atoms with van der Waals surface area (Å²) in [6.45, 7) is 6.91. The van der Waals surface area contributed by atoms with Crippen LogP contribution in [-0.2, 0) is 4.74 Å². The summed E-state index contributed by atoms with van der Waals surface area (Å²) in [7, 11) is 0. The molecule has 3 rings (SSSR count). The van der Waals surface area contributed by atoms with Crippen LogP contribution in [0.2, 0.25) is 5.02 Å². The second-order valence-electron chi connectivity index (χ2n) is 6.06. The zero-order valence-electron chi connectivity index (χ0n) is 14.7. The van der Waals surface area contributed by atoms with E-state index in [4.69, 9.17) is 16.3 Å². The standard InChI is InChI=1S/C18H22ClN5O2/c1-13-2-3-14(19)12-16(13)22-17(25)15-4-5-20-18(23-15)21-6-7-24-8-10-26-11-9-24/h2-5,12H,6-11H2,1H3,(H,22,25)(H,20,21,23). The Bertz CT molecular complexity index is 765. The van der Waals surface area contributed by atoms with Gasteiger partial charge in [-0.1, -0.05) is 17.7 Å². The topological polar surface area (TPSA) is 79.4 Å². The first kappa shape index (κ1) is 18.6. The summed E-state index contributed by atoms with van der Waals surface area (Å²) in [5.41, 5.74) is 1.90. The molecule has 0 saturated carbocycles. The Morgan fingerprint density at radius 2 is 2.12 bits per heavy atom. The van der Waals surface area contributed by atoms with Crippen molar-refractivity contribution in [1.29, 1.82) is 0 Å². The van der Waals surface area contributed by atoms with Crippen LogP contribution in [0.25, 0.3) is 0 Å². The number of nitrogens with zero attached hydrogens (tertiary/aromatic N) is 3. The summed E-state index contributed by atoms with van der Waals surface area (Å²) >= 11 is 5.99. The highest BCUT2D eigenvalue weighted by Crippen LogP contribution is 2.20. The van der Waals surface area contributed by atoms with Crippen molar-refractivity contribution in [1.82, 2.24) is 14.9 Å². The van der Waals surface area contributed by atoms with E-state index < -0.39 is 0 Å². The Hall–Kier alpha value is -2.22. The average Bonchev–Trinajstić information content (AvgIpc) is 2.66. The fourth-order valence-corrected chi connectivity index (χ4v) is 2.81. The summed E-state index contributed by atoms with van der Waals surface area (Å²) in [6.07, 6.45) is 1.57. The van der Waals surface area contributed by atoms with Gasteiger partial charge >= 0.3 is 0 Å². The zero-order valence-corrected chi connectivity index (χ0v) is 15.4. The van der Waals surface area contributed by atoms with E-state index in [9.17, 15) is 4.79 Å². The number of benzene rings is 1. The molecule has 0 bridgehead atoms. The molecule has 0 unspecified atom stereocenters. The molecule has 0 spiro atoms. The van der Waals surface area contributed by atoms with Crippen molar-refractivity contribution in [3.8, 4) is 0 Å². The molecule has 1 aromatic heterocycles. The van der Waals surface area contributed by atoms with Gasteiger partial charge in [-0.05, 0) is 30.7 Å².